The number of alkyl halides is 1. The number of hydrogen-bond acceptors (Lipinski definition) is 1. The number of allylic oxidation sites excluding steroid dienone is 1. The van der Waals surface area contributed by atoms with Gasteiger partial charge in [-0.1, -0.05) is 34.5 Å². The molecule has 0 atom stereocenters. The van der Waals surface area contributed by atoms with E-state index in [9.17, 15) is 0 Å². The minimum atomic E-state index is 0.964. The third-order valence-electron chi connectivity index (χ3n) is 1.63. The van der Waals surface area contributed by atoms with Crippen molar-refractivity contribution in [1.29, 1.82) is 0 Å². The minimum absolute atomic E-state index is 0.964. The topological polar surface area (TPSA) is 0 Å². The first kappa shape index (κ1) is 10.5. The van der Waals surface area contributed by atoms with Gasteiger partial charge in [0.2, 0.25) is 0 Å². The standard InChI is InChI=1S/C9H10Br2S/c1-2-7(4-10)3-8-5-12-6-9(8)11/h3,5-6H,2,4H2,1H3/b7-3-. The van der Waals surface area contributed by atoms with Gasteiger partial charge in [-0.2, -0.15) is 11.3 Å². The monoisotopic (exact) mass is 308 g/mol. The molecule has 0 bridgehead atoms. The smallest absolute Gasteiger partial charge is 0.0354 e. The summed E-state index contributed by atoms with van der Waals surface area (Å²) in [6, 6.07) is 0. The summed E-state index contributed by atoms with van der Waals surface area (Å²) in [5.74, 6) is 0. The SMILES string of the molecule is CC/C(=C/c1cscc1Br)CBr. The highest BCUT2D eigenvalue weighted by molar-refractivity contribution is 9.10. The second-order valence-corrected chi connectivity index (χ2v) is 4.62. The van der Waals surface area contributed by atoms with Gasteiger partial charge in [-0.25, -0.2) is 0 Å². The lowest BCUT2D eigenvalue weighted by Gasteiger charge is -1.97. The van der Waals surface area contributed by atoms with Gasteiger partial charge >= 0.3 is 0 Å². The van der Waals surface area contributed by atoms with Crippen molar-refractivity contribution in [2.45, 2.75) is 13.3 Å². The van der Waals surface area contributed by atoms with Gasteiger partial charge in [-0.05, 0) is 33.3 Å². The van der Waals surface area contributed by atoms with Crippen molar-refractivity contribution < 1.29 is 0 Å². The van der Waals surface area contributed by atoms with E-state index in [0.717, 1.165) is 11.8 Å². The van der Waals surface area contributed by atoms with Crippen LogP contribution < -0.4 is 0 Å². The summed E-state index contributed by atoms with van der Waals surface area (Å²) in [5, 5.41) is 5.22. The molecule has 3 heteroatoms. The molecule has 0 N–H and O–H groups in total. The average molecular weight is 310 g/mol. The fraction of sp³-hybridized carbons (Fsp3) is 0.333. The molecule has 66 valence electrons. The molecule has 0 aromatic carbocycles. The Hall–Kier alpha value is 0.400. The summed E-state index contributed by atoms with van der Waals surface area (Å²) in [6.07, 6.45) is 3.34. The summed E-state index contributed by atoms with van der Waals surface area (Å²) in [7, 11) is 0. The van der Waals surface area contributed by atoms with E-state index in [4.69, 9.17) is 0 Å². The molecule has 0 amide bonds. The number of halogens is 2. The van der Waals surface area contributed by atoms with Gasteiger partial charge in [-0.3, -0.25) is 0 Å². The predicted molar refractivity (Wildman–Crippen MR) is 64.1 cm³/mol. The van der Waals surface area contributed by atoms with E-state index in [0.29, 0.717) is 0 Å². The summed E-state index contributed by atoms with van der Waals surface area (Å²) < 4.78 is 1.19. The van der Waals surface area contributed by atoms with E-state index < -0.39 is 0 Å². The molecule has 0 fully saturated rings. The van der Waals surface area contributed by atoms with Crippen LogP contribution in [0, 0.1) is 0 Å². The lowest BCUT2D eigenvalue weighted by atomic mass is 10.2. The summed E-state index contributed by atoms with van der Waals surface area (Å²) in [6.45, 7) is 2.17. The highest BCUT2D eigenvalue weighted by Crippen LogP contribution is 2.24. The van der Waals surface area contributed by atoms with E-state index in [1.807, 2.05) is 0 Å². The molecule has 0 saturated heterocycles. The van der Waals surface area contributed by atoms with Crippen LogP contribution in [0.5, 0.6) is 0 Å². The van der Waals surface area contributed by atoms with Gasteiger partial charge in [0.1, 0.15) is 0 Å². The highest BCUT2D eigenvalue weighted by atomic mass is 79.9. The molecule has 0 saturated carbocycles. The zero-order valence-electron chi connectivity index (χ0n) is 6.81. The van der Waals surface area contributed by atoms with Gasteiger partial charge in [0.15, 0.2) is 0 Å². The van der Waals surface area contributed by atoms with Crippen LogP contribution in [0.25, 0.3) is 6.08 Å². The molecule has 1 rings (SSSR count). The second-order valence-electron chi connectivity index (χ2n) is 2.46. The Balaban J connectivity index is 2.85. The van der Waals surface area contributed by atoms with Gasteiger partial charge in [-0.15, -0.1) is 0 Å². The Bertz CT molecular complexity index is 270. The minimum Gasteiger partial charge on any atom is -0.151 e. The molecular formula is C9H10Br2S. The molecular weight excluding hydrogens is 300 g/mol. The lowest BCUT2D eigenvalue weighted by Crippen LogP contribution is -1.80. The van der Waals surface area contributed by atoms with Crippen LogP contribution in [0.3, 0.4) is 0 Å². The molecule has 0 unspecified atom stereocenters. The van der Waals surface area contributed by atoms with Crippen molar-refractivity contribution >= 4 is 49.3 Å². The first-order chi connectivity index (χ1) is 5.77. The molecule has 12 heavy (non-hydrogen) atoms. The zero-order valence-corrected chi connectivity index (χ0v) is 10.8. The fourth-order valence-electron chi connectivity index (χ4n) is 0.849. The number of hydrogen-bond donors (Lipinski definition) is 0. The molecule has 1 aromatic heterocycles. The van der Waals surface area contributed by atoms with Crippen LogP contribution in [-0.2, 0) is 0 Å². The van der Waals surface area contributed by atoms with Gasteiger partial charge in [0.05, 0.1) is 0 Å². The first-order valence-electron chi connectivity index (χ1n) is 3.75. The maximum Gasteiger partial charge on any atom is 0.0354 e. The maximum atomic E-state index is 3.50. The van der Waals surface area contributed by atoms with Crippen molar-refractivity contribution in [3.63, 3.8) is 0 Å². The normalized spacial score (nSPS) is 12.1. The van der Waals surface area contributed by atoms with Crippen molar-refractivity contribution in [1.82, 2.24) is 0 Å². The van der Waals surface area contributed by atoms with Crippen molar-refractivity contribution in [2.75, 3.05) is 5.33 Å². The third-order valence-corrected chi connectivity index (χ3v) is 4.10. The molecule has 1 heterocycles. The van der Waals surface area contributed by atoms with E-state index in [1.54, 1.807) is 11.3 Å². The molecule has 0 radical (unpaired) electrons. The molecule has 0 spiro atoms. The number of rotatable bonds is 3. The first-order valence-corrected chi connectivity index (χ1v) is 6.60. The largest absolute Gasteiger partial charge is 0.151 e. The molecule has 0 nitrogen and oxygen atoms in total. The zero-order chi connectivity index (χ0) is 8.97. The van der Waals surface area contributed by atoms with Crippen molar-refractivity contribution in [2.24, 2.45) is 0 Å². The van der Waals surface area contributed by atoms with Gasteiger partial charge < -0.3 is 0 Å². The van der Waals surface area contributed by atoms with Crippen LogP contribution in [0.4, 0.5) is 0 Å². The van der Waals surface area contributed by atoms with E-state index in [1.165, 1.54) is 15.6 Å². The van der Waals surface area contributed by atoms with Gasteiger partial charge in [0.25, 0.3) is 0 Å². The fourth-order valence-corrected chi connectivity index (χ4v) is 2.78. The Kier molecular flexibility index (Phi) is 4.54. The van der Waals surface area contributed by atoms with Crippen LogP contribution >= 0.6 is 43.2 Å². The van der Waals surface area contributed by atoms with E-state index in [-0.39, 0.29) is 0 Å². The highest BCUT2D eigenvalue weighted by Gasteiger charge is 1.98. The quantitative estimate of drug-likeness (QED) is 0.710. The third kappa shape index (κ3) is 2.71. The van der Waals surface area contributed by atoms with Crippen LogP contribution in [0.1, 0.15) is 18.9 Å². The molecule has 1 aromatic rings. The molecule has 0 aliphatic carbocycles. The van der Waals surface area contributed by atoms with Crippen molar-refractivity contribution in [3.8, 4) is 0 Å². The van der Waals surface area contributed by atoms with Crippen molar-refractivity contribution in [3.05, 3.63) is 26.4 Å². The lowest BCUT2D eigenvalue weighted by molar-refractivity contribution is 1.12. The Morgan fingerprint density at radius 2 is 2.33 bits per heavy atom. The summed E-state index contributed by atoms with van der Waals surface area (Å²) >= 11 is 8.69. The van der Waals surface area contributed by atoms with Gasteiger partial charge in [0, 0.05) is 15.2 Å². The van der Waals surface area contributed by atoms with Crippen LogP contribution in [-0.4, -0.2) is 5.33 Å². The second kappa shape index (κ2) is 5.20. The molecule has 0 aliphatic heterocycles. The average Bonchev–Trinajstić information content (AvgIpc) is 2.47. The Labute approximate surface area is 93.9 Å². The van der Waals surface area contributed by atoms with E-state index in [2.05, 4.69) is 55.6 Å². The maximum absolute atomic E-state index is 3.50. The van der Waals surface area contributed by atoms with E-state index >= 15 is 0 Å². The summed E-state index contributed by atoms with van der Waals surface area (Å²) in [4.78, 5) is 0. The molecule has 0 aliphatic rings. The summed E-state index contributed by atoms with van der Waals surface area (Å²) in [5.41, 5.74) is 2.71. The predicted octanol–water partition coefficient (Wildman–Crippen LogP) is 4.70. The number of thiophene rings is 1. The Morgan fingerprint density at radius 3 is 2.75 bits per heavy atom. The van der Waals surface area contributed by atoms with Crippen LogP contribution in [0.15, 0.2) is 20.8 Å². The van der Waals surface area contributed by atoms with Crippen LogP contribution in [0.2, 0.25) is 0 Å². The Morgan fingerprint density at radius 1 is 1.58 bits per heavy atom.